The zero-order valence-corrected chi connectivity index (χ0v) is 18.6. The third kappa shape index (κ3) is 12.7. The number of rotatable bonds is 16. The maximum absolute atomic E-state index is 12.4. The lowest BCUT2D eigenvalue weighted by Gasteiger charge is -2.20. The molecule has 0 bridgehead atoms. The van der Waals surface area contributed by atoms with Crippen molar-refractivity contribution in [3.05, 3.63) is 0 Å². The Morgan fingerprint density at radius 2 is 1.66 bits per heavy atom. The minimum Gasteiger partial charge on any atom is -0.481 e. The zero-order valence-electron chi connectivity index (χ0n) is 17.8. The van der Waals surface area contributed by atoms with Crippen LogP contribution in [0.5, 0.6) is 0 Å². The molecule has 0 spiro atoms. The number of aliphatic carboxylic acids is 2. The molecule has 0 saturated carbocycles. The maximum atomic E-state index is 12.4. The summed E-state index contributed by atoms with van der Waals surface area (Å²) in [4.78, 5) is 69.7. The quantitative estimate of drug-likeness (QED) is 0.160. The second-order valence-corrected chi connectivity index (χ2v) is 7.53. The number of esters is 2. The highest BCUT2D eigenvalue weighted by molar-refractivity contribution is 8.00. The summed E-state index contributed by atoms with van der Waals surface area (Å²) >= 11 is 0.646. The molecule has 0 aliphatic heterocycles. The number of amides is 2. The van der Waals surface area contributed by atoms with E-state index in [9.17, 15) is 28.8 Å². The molecule has 14 heteroatoms. The van der Waals surface area contributed by atoms with Gasteiger partial charge < -0.3 is 36.1 Å². The molecule has 32 heavy (non-hydrogen) atoms. The molecule has 182 valence electrons. The van der Waals surface area contributed by atoms with Crippen molar-refractivity contribution in [3.8, 4) is 0 Å². The van der Waals surface area contributed by atoms with Gasteiger partial charge in [-0.2, -0.15) is 0 Å². The number of nitrogens with one attached hydrogen (secondary N) is 2. The molecule has 0 rings (SSSR count). The van der Waals surface area contributed by atoms with Crippen molar-refractivity contribution in [1.82, 2.24) is 10.6 Å². The highest BCUT2D eigenvalue weighted by Crippen LogP contribution is 2.17. The summed E-state index contributed by atoms with van der Waals surface area (Å²) in [5.74, 6) is -5.88. The summed E-state index contributed by atoms with van der Waals surface area (Å²) in [6.07, 6.45) is -0.991. The van der Waals surface area contributed by atoms with Gasteiger partial charge >= 0.3 is 23.9 Å². The second kappa shape index (κ2) is 15.9. The summed E-state index contributed by atoms with van der Waals surface area (Å²) in [6.45, 7) is 2.92. The lowest BCUT2D eigenvalue weighted by atomic mass is 10.1. The van der Waals surface area contributed by atoms with Crippen LogP contribution >= 0.6 is 11.8 Å². The molecule has 0 aromatic rings. The molecular formula is C18H29N3O10S. The van der Waals surface area contributed by atoms with Crippen LogP contribution in [-0.4, -0.2) is 88.7 Å². The Kier molecular flexibility index (Phi) is 14.4. The summed E-state index contributed by atoms with van der Waals surface area (Å²) in [7, 11) is 0. The largest absolute Gasteiger partial charge is 0.481 e. The van der Waals surface area contributed by atoms with Crippen molar-refractivity contribution >= 4 is 47.5 Å². The van der Waals surface area contributed by atoms with Crippen molar-refractivity contribution in [1.29, 1.82) is 0 Å². The van der Waals surface area contributed by atoms with Crippen LogP contribution in [0.2, 0.25) is 0 Å². The third-order valence-corrected chi connectivity index (χ3v) is 5.03. The summed E-state index contributed by atoms with van der Waals surface area (Å²) < 4.78 is 9.42. The van der Waals surface area contributed by atoms with Crippen molar-refractivity contribution in [3.63, 3.8) is 0 Å². The minimum absolute atomic E-state index is 0.0638. The predicted molar refractivity (Wildman–Crippen MR) is 112 cm³/mol. The van der Waals surface area contributed by atoms with Gasteiger partial charge in [0, 0.05) is 12.2 Å². The minimum atomic E-state index is -1.39. The number of nitrogens with two attached hydrogens (primary N) is 1. The summed E-state index contributed by atoms with van der Waals surface area (Å²) in [5, 5.41) is 21.2. The third-order valence-electron chi connectivity index (χ3n) is 3.74. The van der Waals surface area contributed by atoms with Gasteiger partial charge in [-0.25, -0.2) is 0 Å². The van der Waals surface area contributed by atoms with E-state index in [1.54, 1.807) is 13.8 Å². The number of carboxylic acids is 2. The topological polar surface area (TPSA) is 211 Å². The Morgan fingerprint density at radius 3 is 2.19 bits per heavy atom. The van der Waals surface area contributed by atoms with E-state index in [0.29, 0.717) is 11.8 Å². The van der Waals surface area contributed by atoms with Crippen LogP contribution in [0.15, 0.2) is 0 Å². The Labute approximate surface area is 188 Å². The first-order valence-electron chi connectivity index (χ1n) is 9.72. The molecule has 0 saturated heterocycles. The Bertz CT molecular complexity index is 688. The first kappa shape index (κ1) is 29.1. The number of carboxylic acid groups (broad SMARTS) is 2. The van der Waals surface area contributed by atoms with Gasteiger partial charge in [0.1, 0.15) is 23.9 Å². The fraction of sp³-hybridized carbons (Fsp3) is 0.667. The molecule has 0 fully saturated rings. The molecule has 2 amide bonds. The number of hydrogen-bond acceptors (Lipinski definition) is 10. The van der Waals surface area contributed by atoms with E-state index < -0.39 is 66.0 Å². The van der Waals surface area contributed by atoms with E-state index in [4.69, 9.17) is 20.7 Å². The molecule has 0 aliphatic carbocycles. The van der Waals surface area contributed by atoms with Gasteiger partial charge in [0.25, 0.3) is 0 Å². The van der Waals surface area contributed by atoms with Crippen LogP contribution in [0.3, 0.4) is 0 Å². The number of carbonyl (C=O) groups excluding carboxylic acids is 4. The number of hydrogen-bond donors (Lipinski definition) is 5. The van der Waals surface area contributed by atoms with Crippen molar-refractivity contribution in [2.24, 2.45) is 5.73 Å². The second-order valence-electron chi connectivity index (χ2n) is 6.30. The van der Waals surface area contributed by atoms with Crippen molar-refractivity contribution in [2.45, 2.75) is 50.4 Å². The van der Waals surface area contributed by atoms with Gasteiger partial charge in [-0.15, -0.1) is 11.8 Å². The molecule has 0 aromatic carbocycles. The van der Waals surface area contributed by atoms with E-state index in [-0.39, 0.29) is 31.8 Å². The number of thioether (sulfide) groups is 1. The van der Waals surface area contributed by atoms with Crippen LogP contribution in [0.1, 0.15) is 33.1 Å². The zero-order chi connectivity index (χ0) is 24.7. The molecule has 13 nitrogen and oxygen atoms in total. The fourth-order valence-electron chi connectivity index (χ4n) is 2.19. The predicted octanol–water partition coefficient (Wildman–Crippen LogP) is -1.52. The molecule has 3 atom stereocenters. The number of carbonyl (C=O) groups is 6. The standard InChI is InChI=1S/C18H29N3O10S/c1-3-30-15(25)8-20-16(26)11(9-32-12(17(27)28)7-14(23)24)21-13(22)6-5-10(19)18(29)31-4-2/h10-12H,3-9,19H2,1-2H3,(H,20,26)(H,21,22)(H,23,24)(H,27,28). The van der Waals surface area contributed by atoms with Crippen LogP contribution in [0.4, 0.5) is 0 Å². The molecule has 0 aromatic heterocycles. The molecule has 0 aliphatic rings. The SMILES string of the molecule is CCOC(=O)CNC(=O)C(CSC(CC(=O)O)C(=O)O)NC(=O)CCC(N)C(=O)OCC. The highest BCUT2D eigenvalue weighted by atomic mass is 32.2. The van der Waals surface area contributed by atoms with Crippen molar-refractivity contribution < 1.29 is 48.5 Å². The lowest BCUT2D eigenvalue weighted by Crippen LogP contribution is -2.50. The molecule has 0 radical (unpaired) electrons. The first-order valence-corrected chi connectivity index (χ1v) is 10.8. The number of ether oxygens (including phenoxy) is 2. The fourth-order valence-corrected chi connectivity index (χ4v) is 3.25. The molecule has 0 heterocycles. The van der Waals surface area contributed by atoms with Gasteiger partial charge in [-0.3, -0.25) is 28.8 Å². The Hall–Kier alpha value is -2.87. The van der Waals surface area contributed by atoms with Gasteiger partial charge in [-0.05, 0) is 20.3 Å². The van der Waals surface area contributed by atoms with E-state index >= 15 is 0 Å². The lowest BCUT2D eigenvalue weighted by molar-refractivity contribution is -0.145. The Balaban J connectivity index is 5.06. The van der Waals surface area contributed by atoms with E-state index in [1.807, 2.05) is 0 Å². The smallest absolute Gasteiger partial charge is 0.325 e. The van der Waals surface area contributed by atoms with E-state index in [2.05, 4.69) is 15.4 Å². The average molecular weight is 480 g/mol. The summed E-state index contributed by atoms with van der Waals surface area (Å²) in [5.41, 5.74) is 5.62. The first-order chi connectivity index (χ1) is 15.0. The van der Waals surface area contributed by atoms with Crippen molar-refractivity contribution in [2.75, 3.05) is 25.5 Å². The average Bonchev–Trinajstić information content (AvgIpc) is 2.72. The molecule has 6 N–H and O–H groups in total. The van der Waals surface area contributed by atoms with Crippen LogP contribution in [-0.2, 0) is 38.2 Å². The van der Waals surface area contributed by atoms with Gasteiger partial charge in [-0.1, -0.05) is 0 Å². The monoisotopic (exact) mass is 479 g/mol. The van der Waals surface area contributed by atoms with Crippen LogP contribution in [0, 0.1) is 0 Å². The van der Waals surface area contributed by atoms with Gasteiger partial charge in [0.05, 0.1) is 19.6 Å². The van der Waals surface area contributed by atoms with E-state index in [1.165, 1.54) is 0 Å². The normalized spacial score (nSPS) is 13.2. The van der Waals surface area contributed by atoms with Gasteiger partial charge in [0.15, 0.2) is 0 Å². The van der Waals surface area contributed by atoms with Crippen LogP contribution < -0.4 is 16.4 Å². The van der Waals surface area contributed by atoms with E-state index in [0.717, 1.165) is 0 Å². The molecule has 3 unspecified atom stereocenters. The highest BCUT2D eigenvalue weighted by Gasteiger charge is 2.27. The molecular weight excluding hydrogens is 450 g/mol. The van der Waals surface area contributed by atoms with Crippen LogP contribution in [0.25, 0.3) is 0 Å². The summed E-state index contributed by atoms with van der Waals surface area (Å²) in [6, 6.07) is -2.32. The Morgan fingerprint density at radius 1 is 1.03 bits per heavy atom. The van der Waals surface area contributed by atoms with Gasteiger partial charge in [0.2, 0.25) is 11.8 Å². The maximum Gasteiger partial charge on any atom is 0.325 e.